The van der Waals surface area contributed by atoms with E-state index in [4.69, 9.17) is 0 Å². The third-order valence-electron chi connectivity index (χ3n) is 2.56. The third kappa shape index (κ3) is 0.995. The van der Waals surface area contributed by atoms with Gasteiger partial charge in [0.05, 0.1) is 0 Å². The standard InChI is InChI=1S/C11H7N3O2/c1-14-12-8-9(13-14)11(16)7-5-3-2-4-6(7)10(8)15/h2-5H,1H3. The number of carbonyl (C=O) groups is 2. The lowest BCUT2D eigenvalue weighted by atomic mass is 9.90. The van der Waals surface area contributed by atoms with E-state index in [1.807, 2.05) is 0 Å². The van der Waals surface area contributed by atoms with Crippen LogP contribution < -0.4 is 0 Å². The number of hydrogen-bond donors (Lipinski definition) is 0. The Bertz CT molecular complexity index is 575. The van der Waals surface area contributed by atoms with Crippen LogP contribution in [0.1, 0.15) is 32.1 Å². The number of rotatable bonds is 0. The van der Waals surface area contributed by atoms with Gasteiger partial charge in [-0.2, -0.15) is 4.80 Å². The highest BCUT2D eigenvalue weighted by atomic mass is 16.1. The molecule has 1 aromatic heterocycles. The summed E-state index contributed by atoms with van der Waals surface area (Å²) in [5.41, 5.74) is 1.10. The number of aryl methyl sites for hydroxylation is 1. The Hall–Kier alpha value is -2.30. The van der Waals surface area contributed by atoms with E-state index in [0.29, 0.717) is 11.1 Å². The smallest absolute Gasteiger partial charge is 0.216 e. The van der Waals surface area contributed by atoms with Crippen LogP contribution in [0.3, 0.4) is 0 Å². The number of fused-ring (bicyclic) bond motifs is 2. The van der Waals surface area contributed by atoms with Gasteiger partial charge in [0.1, 0.15) is 0 Å². The van der Waals surface area contributed by atoms with Crippen LogP contribution in [0.4, 0.5) is 0 Å². The molecule has 1 heterocycles. The second-order valence-corrected chi connectivity index (χ2v) is 3.59. The molecule has 5 heteroatoms. The normalized spacial score (nSPS) is 13.6. The topological polar surface area (TPSA) is 64.8 Å². The van der Waals surface area contributed by atoms with Gasteiger partial charge in [0, 0.05) is 18.2 Å². The number of hydrogen-bond acceptors (Lipinski definition) is 4. The van der Waals surface area contributed by atoms with E-state index >= 15 is 0 Å². The van der Waals surface area contributed by atoms with Crippen molar-refractivity contribution in [3.8, 4) is 0 Å². The van der Waals surface area contributed by atoms with E-state index in [0.717, 1.165) is 0 Å². The first-order valence-electron chi connectivity index (χ1n) is 4.78. The Morgan fingerprint density at radius 2 is 1.38 bits per heavy atom. The van der Waals surface area contributed by atoms with Gasteiger partial charge >= 0.3 is 0 Å². The van der Waals surface area contributed by atoms with E-state index < -0.39 is 0 Å². The van der Waals surface area contributed by atoms with Crippen LogP contribution in [0.25, 0.3) is 0 Å². The predicted octanol–water partition coefficient (Wildman–Crippen LogP) is 0.591. The summed E-state index contributed by atoms with van der Waals surface area (Å²) in [5, 5.41) is 7.83. The maximum absolute atomic E-state index is 12.0. The molecule has 0 saturated carbocycles. The van der Waals surface area contributed by atoms with Gasteiger partial charge < -0.3 is 0 Å². The second kappa shape index (κ2) is 2.85. The molecule has 0 spiro atoms. The summed E-state index contributed by atoms with van der Waals surface area (Å²) in [5.74, 6) is -0.475. The molecule has 2 aromatic rings. The molecule has 1 aromatic carbocycles. The Morgan fingerprint density at radius 3 is 1.81 bits per heavy atom. The van der Waals surface area contributed by atoms with Crippen LogP contribution >= 0.6 is 0 Å². The minimum Gasteiger partial charge on any atom is -0.287 e. The zero-order chi connectivity index (χ0) is 11.3. The molecule has 0 fully saturated rings. The highest BCUT2D eigenvalue weighted by Crippen LogP contribution is 2.24. The van der Waals surface area contributed by atoms with Gasteiger partial charge in [0.25, 0.3) is 0 Å². The molecule has 5 nitrogen and oxygen atoms in total. The zero-order valence-electron chi connectivity index (χ0n) is 8.47. The van der Waals surface area contributed by atoms with Crippen molar-refractivity contribution in [2.24, 2.45) is 7.05 Å². The molecule has 1 aliphatic rings. The van der Waals surface area contributed by atoms with E-state index in [-0.39, 0.29) is 23.0 Å². The number of benzene rings is 1. The largest absolute Gasteiger partial charge is 0.287 e. The van der Waals surface area contributed by atoms with Crippen molar-refractivity contribution in [3.05, 3.63) is 46.8 Å². The fourth-order valence-electron chi connectivity index (χ4n) is 1.85. The molecule has 0 atom stereocenters. The number of aromatic nitrogens is 3. The summed E-state index contributed by atoms with van der Waals surface area (Å²) < 4.78 is 0. The van der Waals surface area contributed by atoms with Crippen LogP contribution in [-0.4, -0.2) is 26.6 Å². The Kier molecular flexibility index (Phi) is 1.60. The molecule has 78 valence electrons. The zero-order valence-corrected chi connectivity index (χ0v) is 8.47. The minimum absolute atomic E-state index is 0.145. The Labute approximate surface area is 90.7 Å². The van der Waals surface area contributed by atoms with E-state index in [9.17, 15) is 9.59 Å². The average Bonchev–Trinajstić information content (AvgIpc) is 2.68. The molecule has 16 heavy (non-hydrogen) atoms. The highest BCUT2D eigenvalue weighted by Gasteiger charge is 2.33. The van der Waals surface area contributed by atoms with Crippen LogP contribution in [0.2, 0.25) is 0 Å². The summed E-state index contributed by atoms with van der Waals surface area (Å²) in [4.78, 5) is 25.2. The average molecular weight is 213 g/mol. The first-order valence-corrected chi connectivity index (χ1v) is 4.78. The fourth-order valence-corrected chi connectivity index (χ4v) is 1.85. The molecule has 0 bridgehead atoms. The summed E-state index contributed by atoms with van der Waals surface area (Å²) >= 11 is 0. The summed E-state index contributed by atoms with van der Waals surface area (Å²) in [6.07, 6.45) is 0. The molecule has 0 unspecified atom stereocenters. The van der Waals surface area contributed by atoms with E-state index in [1.54, 1.807) is 31.3 Å². The van der Waals surface area contributed by atoms with Crippen molar-refractivity contribution in [1.29, 1.82) is 0 Å². The van der Waals surface area contributed by atoms with Gasteiger partial charge in [-0.1, -0.05) is 24.3 Å². The van der Waals surface area contributed by atoms with Gasteiger partial charge in [-0.05, 0) is 0 Å². The molecular weight excluding hydrogens is 206 g/mol. The Morgan fingerprint density at radius 1 is 0.938 bits per heavy atom. The molecular formula is C11H7N3O2. The maximum atomic E-state index is 12.0. The number of nitrogens with zero attached hydrogens (tertiary/aromatic N) is 3. The predicted molar refractivity (Wildman–Crippen MR) is 54.3 cm³/mol. The highest BCUT2D eigenvalue weighted by molar-refractivity contribution is 6.26. The van der Waals surface area contributed by atoms with Crippen molar-refractivity contribution in [2.75, 3.05) is 0 Å². The quantitative estimate of drug-likeness (QED) is 0.548. The fraction of sp³-hybridized carbons (Fsp3) is 0.0909. The molecule has 3 rings (SSSR count). The van der Waals surface area contributed by atoms with Gasteiger partial charge in [-0.15, -0.1) is 10.2 Å². The molecule has 0 amide bonds. The van der Waals surface area contributed by atoms with Gasteiger partial charge in [-0.3, -0.25) is 9.59 Å². The van der Waals surface area contributed by atoms with Gasteiger partial charge in [0.15, 0.2) is 11.4 Å². The van der Waals surface area contributed by atoms with Crippen molar-refractivity contribution < 1.29 is 9.59 Å². The molecule has 0 saturated heterocycles. The van der Waals surface area contributed by atoms with Crippen LogP contribution in [0.15, 0.2) is 24.3 Å². The first-order chi connectivity index (χ1) is 7.68. The summed E-state index contributed by atoms with van der Waals surface area (Å²) in [6, 6.07) is 6.72. The van der Waals surface area contributed by atoms with Crippen LogP contribution in [0, 0.1) is 0 Å². The maximum Gasteiger partial charge on any atom is 0.216 e. The Balaban J connectivity index is 2.34. The third-order valence-corrected chi connectivity index (χ3v) is 2.56. The van der Waals surface area contributed by atoms with Crippen LogP contribution in [-0.2, 0) is 7.05 Å². The minimum atomic E-state index is -0.238. The van der Waals surface area contributed by atoms with Crippen molar-refractivity contribution >= 4 is 11.6 Å². The lowest BCUT2D eigenvalue weighted by Crippen LogP contribution is -2.20. The van der Waals surface area contributed by atoms with Crippen molar-refractivity contribution in [1.82, 2.24) is 15.0 Å². The van der Waals surface area contributed by atoms with E-state index in [1.165, 1.54) is 4.80 Å². The second-order valence-electron chi connectivity index (χ2n) is 3.59. The van der Waals surface area contributed by atoms with Crippen molar-refractivity contribution in [2.45, 2.75) is 0 Å². The summed E-state index contributed by atoms with van der Waals surface area (Å²) in [6.45, 7) is 0. The number of ketones is 2. The van der Waals surface area contributed by atoms with Crippen molar-refractivity contribution in [3.63, 3.8) is 0 Å². The number of carbonyl (C=O) groups excluding carboxylic acids is 2. The first kappa shape index (κ1) is 8.96. The lowest BCUT2D eigenvalue weighted by molar-refractivity contribution is 0.0974. The molecule has 0 radical (unpaired) electrons. The van der Waals surface area contributed by atoms with Gasteiger partial charge in [-0.25, -0.2) is 0 Å². The molecule has 0 aliphatic heterocycles. The molecule has 0 N–H and O–H groups in total. The molecule has 1 aliphatic carbocycles. The van der Waals surface area contributed by atoms with Crippen LogP contribution in [0.5, 0.6) is 0 Å². The SMILES string of the molecule is Cn1nc2c(n1)C(=O)c1ccccc1C2=O. The van der Waals surface area contributed by atoms with E-state index in [2.05, 4.69) is 10.2 Å². The summed E-state index contributed by atoms with van der Waals surface area (Å²) in [7, 11) is 1.59. The lowest BCUT2D eigenvalue weighted by Gasteiger charge is -2.10. The monoisotopic (exact) mass is 213 g/mol. The van der Waals surface area contributed by atoms with Gasteiger partial charge in [0.2, 0.25) is 11.6 Å².